The fourth-order valence-electron chi connectivity index (χ4n) is 2.02. The minimum atomic E-state index is 0.743. The maximum atomic E-state index is 4.42. The number of hydrogen-bond acceptors (Lipinski definition) is 4. The molecule has 2 heterocycles. The van der Waals surface area contributed by atoms with Crippen LogP contribution in [0.1, 0.15) is 29.7 Å². The van der Waals surface area contributed by atoms with Gasteiger partial charge in [-0.05, 0) is 20.3 Å². The third kappa shape index (κ3) is 2.85. The molecule has 1 N–H and O–H groups in total. The Morgan fingerprint density at radius 2 is 2.06 bits per heavy atom. The van der Waals surface area contributed by atoms with Gasteiger partial charge in [0.25, 0.3) is 0 Å². The molecule has 5 heteroatoms. The molecule has 0 spiro atoms. The topological polar surface area (TPSA) is 55.6 Å². The van der Waals surface area contributed by atoms with Crippen molar-refractivity contribution < 1.29 is 0 Å². The van der Waals surface area contributed by atoms with Crippen LogP contribution in [0.4, 0.5) is 5.82 Å². The standard InChI is InChI=1S/C13H19N5/c1-5-12-11(8-18(4)17-12)7-14-13-6-9(2)15-10(3)16-13/h6,8H,5,7H2,1-4H3,(H,14,15,16). The van der Waals surface area contributed by atoms with Gasteiger partial charge in [-0.25, -0.2) is 9.97 Å². The molecule has 2 aromatic heterocycles. The van der Waals surface area contributed by atoms with Gasteiger partial charge in [-0.1, -0.05) is 6.92 Å². The van der Waals surface area contributed by atoms with E-state index in [0.717, 1.165) is 36.0 Å². The highest BCUT2D eigenvalue weighted by Gasteiger charge is 2.06. The molecule has 0 amide bonds. The zero-order valence-electron chi connectivity index (χ0n) is 11.4. The Labute approximate surface area is 107 Å². The summed E-state index contributed by atoms with van der Waals surface area (Å²) in [5.41, 5.74) is 3.33. The van der Waals surface area contributed by atoms with Crippen molar-refractivity contribution in [3.63, 3.8) is 0 Å². The second-order valence-electron chi connectivity index (χ2n) is 4.42. The van der Waals surface area contributed by atoms with Gasteiger partial charge in [-0.3, -0.25) is 4.68 Å². The van der Waals surface area contributed by atoms with E-state index in [4.69, 9.17) is 0 Å². The molecule has 0 saturated heterocycles. The van der Waals surface area contributed by atoms with Gasteiger partial charge in [0.05, 0.1) is 5.69 Å². The molecule has 0 aliphatic heterocycles. The lowest BCUT2D eigenvalue weighted by atomic mass is 10.2. The van der Waals surface area contributed by atoms with Crippen LogP contribution in [0.5, 0.6) is 0 Å². The molecule has 0 aliphatic rings. The lowest BCUT2D eigenvalue weighted by Gasteiger charge is -2.06. The molecular weight excluding hydrogens is 226 g/mol. The van der Waals surface area contributed by atoms with Crippen molar-refractivity contribution in [1.29, 1.82) is 0 Å². The Kier molecular flexibility index (Phi) is 3.60. The van der Waals surface area contributed by atoms with Crippen molar-refractivity contribution in [2.75, 3.05) is 5.32 Å². The maximum Gasteiger partial charge on any atom is 0.130 e. The smallest absolute Gasteiger partial charge is 0.130 e. The monoisotopic (exact) mass is 245 g/mol. The zero-order valence-corrected chi connectivity index (χ0v) is 11.4. The van der Waals surface area contributed by atoms with E-state index < -0.39 is 0 Å². The van der Waals surface area contributed by atoms with Crippen molar-refractivity contribution in [2.24, 2.45) is 7.05 Å². The van der Waals surface area contributed by atoms with Crippen LogP contribution in [0.25, 0.3) is 0 Å². The summed E-state index contributed by atoms with van der Waals surface area (Å²) in [5.74, 6) is 1.66. The molecule has 2 aromatic rings. The van der Waals surface area contributed by atoms with E-state index in [1.54, 1.807) is 0 Å². The average molecular weight is 245 g/mol. The second-order valence-corrected chi connectivity index (χ2v) is 4.42. The van der Waals surface area contributed by atoms with E-state index >= 15 is 0 Å². The Morgan fingerprint density at radius 3 is 2.72 bits per heavy atom. The first-order chi connectivity index (χ1) is 8.58. The third-order valence-electron chi connectivity index (χ3n) is 2.75. The van der Waals surface area contributed by atoms with Crippen LogP contribution in [-0.4, -0.2) is 19.7 Å². The van der Waals surface area contributed by atoms with Gasteiger partial charge in [0.1, 0.15) is 11.6 Å². The van der Waals surface area contributed by atoms with E-state index in [1.165, 1.54) is 5.56 Å². The third-order valence-corrected chi connectivity index (χ3v) is 2.75. The Morgan fingerprint density at radius 1 is 1.28 bits per heavy atom. The van der Waals surface area contributed by atoms with Crippen molar-refractivity contribution in [1.82, 2.24) is 19.7 Å². The number of aromatic nitrogens is 4. The van der Waals surface area contributed by atoms with E-state index in [-0.39, 0.29) is 0 Å². The van der Waals surface area contributed by atoms with E-state index in [9.17, 15) is 0 Å². The summed E-state index contributed by atoms with van der Waals surface area (Å²) in [7, 11) is 1.95. The van der Waals surface area contributed by atoms with Crippen molar-refractivity contribution in [3.05, 3.63) is 35.0 Å². The van der Waals surface area contributed by atoms with Crippen LogP contribution >= 0.6 is 0 Å². The number of hydrogen-bond donors (Lipinski definition) is 1. The highest BCUT2D eigenvalue weighted by molar-refractivity contribution is 5.37. The maximum absolute atomic E-state index is 4.42. The molecule has 0 bridgehead atoms. The molecule has 0 aliphatic carbocycles. The molecule has 0 radical (unpaired) electrons. The van der Waals surface area contributed by atoms with Gasteiger partial charge in [0, 0.05) is 37.1 Å². The molecule has 96 valence electrons. The van der Waals surface area contributed by atoms with Crippen LogP contribution in [0.15, 0.2) is 12.3 Å². The number of nitrogens with zero attached hydrogens (tertiary/aromatic N) is 4. The molecule has 0 atom stereocenters. The predicted octanol–water partition coefficient (Wildman–Crippen LogP) is 2.00. The molecular formula is C13H19N5. The highest BCUT2D eigenvalue weighted by Crippen LogP contribution is 2.11. The first kappa shape index (κ1) is 12.5. The van der Waals surface area contributed by atoms with Crippen LogP contribution in [0, 0.1) is 13.8 Å². The number of nitrogens with one attached hydrogen (secondary N) is 1. The Bertz CT molecular complexity index is 524. The number of aryl methyl sites for hydroxylation is 4. The van der Waals surface area contributed by atoms with Crippen LogP contribution < -0.4 is 5.32 Å². The molecule has 0 aromatic carbocycles. The summed E-state index contributed by atoms with van der Waals surface area (Å²) in [6, 6.07) is 1.95. The van der Waals surface area contributed by atoms with Gasteiger partial charge in [0.15, 0.2) is 0 Å². The minimum absolute atomic E-state index is 0.743. The molecule has 0 saturated carbocycles. The quantitative estimate of drug-likeness (QED) is 0.895. The summed E-state index contributed by atoms with van der Waals surface area (Å²) in [6.45, 7) is 6.73. The molecule has 0 fully saturated rings. The van der Waals surface area contributed by atoms with Crippen molar-refractivity contribution in [3.8, 4) is 0 Å². The largest absolute Gasteiger partial charge is 0.366 e. The van der Waals surface area contributed by atoms with Gasteiger partial charge in [0.2, 0.25) is 0 Å². The SMILES string of the molecule is CCc1nn(C)cc1CNc1cc(C)nc(C)n1. The van der Waals surface area contributed by atoms with Crippen LogP contribution in [0.3, 0.4) is 0 Å². The summed E-state index contributed by atoms with van der Waals surface area (Å²) >= 11 is 0. The van der Waals surface area contributed by atoms with Gasteiger partial charge in [-0.15, -0.1) is 0 Å². The predicted molar refractivity (Wildman–Crippen MR) is 71.4 cm³/mol. The average Bonchev–Trinajstić information content (AvgIpc) is 2.66. The molecule has 2 rings (SSSR count). The number of anilines is 1. The lowest BCUT2D eigenvalue weighted by molar-refractivity contribution is 0.746. The summed E-state index contributed by atoms with van der Waals surface area (Å²) in [4.78, 5) is 8.62. The molecule has 18 heavy (non-hydrogen) atoms. The fraction of sp³-hybridized carbons (Fsp3) is 0.462. The summed E-state index contributed by atoms with van der Waals surface area (Å²) < 4.78 is 1.85. The van der Waals surface area contributed by atoms with E-state index in [2.05, 4.69) is 27.3 Å². The van der Waals surface area contributed by atoms with Crippen molar-refractivity contribution >= 4 is 5.82 Å². The zero-order chi connectivity index (χ0) is 13.1. The first-order valence-electron chi connectivity index (χ1n) is 6.16. The number of rotatable bonds is 4. The second kappa shape index (κ2) is 5.16. The Balaban J connectivity index is 2.11. The van der Waals surface area contributed by atoms with Gasteiger partial charge < -0.3 is 5.32 Å². The molecule has 5 nitrogen and oxygen atoms in total. The van der Waals surface area contributed by atoms with E-state index in [0.29, 0.717) is 0 Å². The van der Waals surface area contributed by atoms with Crippen molar-refractivity contribution in [2.45, 2.75) is 33.7 Å². The van der Waals surface area contributed by atoms with Crippen LogP contribution in [0.2, 0.25) is 0 Å². The minimum Gasteiger partial charge on any atom is -0.366 e. The van der Waals surface area contributed by atoms with E-state index in [1.807, 2.05) is 37.8 Å². The van der Waals surface area contributed by atoms with Gasteiger partial charge >= 0.3 is 0 Å². The summed E-state index contributed by atoms with van der Waals surface area (Å²) in [5, 5.41) is 7.75. The van der Waals surface area contributed by atoms with Gasteiger partial charge in [-0.2, -0.15) is 5.10 Å². The van der Waals surface area contributed by atoms with Crippen LogP contribution in [-0.2, 0) is 20.0 Å². The Hall–Kier alpha value is -1.91. The fourth-order valence-corrected chi connectivity index (χ4v) is 2.02. The molecule has 0 unspecified atom stereocenters. The normalized spacial score (nSPS) is 10.7. The highest BCUT2D eigenvalue weighted by atomic mass is 15.3. The summed E-state index contributed by atoms with van der Waals surface area (Å²) in [6.07, 6.45) is 2.99. The lowest BCUT2D eigenvalue weighted by Crippen LogP contribution is -2.04. The first-order valence-corrected chi connectivity index (χ1v) is 6.16.